The lowest BCUT2D eigenvalue weighted by molar-refractivity contribution is -0.126. The summed E-state index contributed by atoms with van der Waals surface area (Å²) in [5.74, 6) is -1.02. The number of anilines is 1. The Balaban J connectivity index is 1.73. The number of rotatable bonds is 3. The fraction of sp³-hybridized carbons (Fsp3) is 0.208. The van der Waals surface area contributed by atoms with E-state index in [0.717, 1.165) is 16.8 Å². The monoisotopic (exact) mass is 417 g/mol. The van der Waals surface area contributed by atoms with Crippen LogP contribution in [0.3, 0.4) is 0 Å². The first kappa shape index (κ1) is 19.0. The number of likely N-dealkylation sites (tertiary alicyclic amines) is 1. The van der Waals surface area contributed by atoms with Crippen LogP contribution in [0.5, 0.6) is 0 Å². The van der Waals surface area contributed by atoms with Gasteiger partial charge in [-0.25, -0.2) is 0 Å². The Labute approximate surface area is 179 Å². The average Bonchev–Trinajstić information content (AvgIpc) is 3.24. The number of carbonyl (C=O) groups excluding carboxylic acids is 2. The van der Waals surface area contributed by atoms with Gasteiger partial charge in [-0.05, 0) is 42.9 Å². The molecule has 0 saturated carbocycles. The van der Waals surface area contributed by atoms with E-state index < -0.39 is 11.5 Å². The van der Waals surface area contributed by atoms with Crippen molar-refractivity contribution in [3.05, 3.63) is 94.8 Å². The molecule has 6 heteroatoms. The molecule has 1 amide bonds. The number of amides is 1. The summed E-state index contributed by atoms with van der Waals surface area (Å²) >= 11 is 6.10. The van der Waals surface area contributed by atoms with E-state index in [4.69, 9.17) is 11.6 Å². The normalized spacial score (nSPS) is 25.3. The summed E-state index contributed by atoms with van der Waals surface area (Å²) in [5.41, 5.74) is 2.02. The highest BCUT2D eigenvalue weighted by molar-refractivity contribution is 6.30. The van der Waals surface area contributed by atoms with Crippen LogP contribution < -0.4 is 5.32 Å². The second-order valence-corrected chi connectivity index (χ2v) is 8.32. The average molecular weight is 418 g/mol. The number of hydrogen-bond donors (Lipinski definition) is 1. The summed E-state index contributed by atoms with van der Waals surface area (Å²) in [5, 5.41) is 3.65. The molecule has 5 rings (SSSR count). The lowest BCUT2D eigenvalue weighted by Gasteiger charge is -2.35. The van der Waals surface area contributed by atoms with Crippen molar-refractivity contribution in [3.8, 4) is 0 Å². The molecule has 30 heavy (non-hydrogen) atoms. The van der Waals surface area contributed by atoms with Gasteiger partial charge in [0, 0.05) is 46.7 Å². The Bertz CT molecular complexity index is 1130. The van der Waals surface area contributed by atoms with E-state index in [1.54, 1.807) is 24.5 Å². The van der Waals surface area contributed by atoms with Gasteiger partial charge in [-0.2, -0.15) is 0 Å². The van der Waals surface area contributed by atoms with Gasteiger partial charge in [0.15, 0.2) is 5.78 Å². The molecule has 1 N–H and O–H groups in total. The molecular formula is C24H20ClN3O2. The molecule has 3 aromatic rings. The van der Waals surface area contributed by atoms with E-state index in [1.807, 2.05) is 60.5 Å². The van der Waals surface area contributed by atoms with Crippen molar-refractivity contribution >= 4 is 29.0 Å². The van der Waals surface area contributed by atoms with E-state index >= 15 is 0 Å². The number of halogens is 1. The predicted molar refractivity (Wildman–Crippen MR) is 116 cm³/mol. The van der Waals surface area contributed by atoms with Gasteiger partial charge in [0.25, 0.3) is 0 Å². The van der Waals surface area contributed by atoms with Gasteiger partial charge in [-0.15, -0.1) is 0 Å². The first-order valence-electron chi connectivity index (χ1n) is 9.85. The zero-order chi connectivity index (χ0) is 20.9. The highest BCUT2D eigenvalue weighted by atomic mass is 35.5. The molecule has 1 saturated heterocycles. The van der Waals surface area contributed by atoms with E-state index in [9.17, 15) is 9.59 Å². The van der Waals surface area contributed by atoms with Gasteiger partial charge in [-0.1, -0.05) is 41.9 Å². The number of hydrogen-bond acceptors (Lipinski definition) is 4. The molecule has 3 atom stereocenters. The molecule has 1 aromatic heterocycles. The van der Waals surface area contributed by atoms with Crippen LogP contribution in [0.15, 0.2) is 73.1 Å². The first-order chi connectivity index (χ1) is 14.5. The topological polar surface area (TPSA) is 62.3 Å². The minimum Gasteiger partial charge on any atom is -0.324 e. The van der Waals surface area contributed by atoms with Crippen molar-refractivity contribution in [2.75, 3.05) is 18.9 Å². The van der Waals surface area contributed by atoms with E-state index in [1.165, 1.54) is 0 Å². The number of ketones is 1. The van der Waals surface area contributed by atoms with Crippen LogP contribution >= 0.6 is 11.6 Å². The van der Waals surface area contributed by atoms with E-state index in [0.29, 0.717) is 17.1 Å². The van der Waals surface area contributed by atoms with Crippen LogP contribution in [-0.4, -0.2) is 35.2 Å². The SMILES string of the molecule is CN1C[C@H](c2ccc(Cl)cc2)C(C(=O)c2cccnc2)[C@]12C(=O)Nc1ccccc12. The molecule has 2 aliphatic heterocycles. The summed E-state index contributed by atoms with van der Waals surface area (Å²) in [6, 6.07) is 18.7. The summed E-state index contributed by atoms with van der Waals surface area (Å²) in [6.07, 6.45) is 3.22. The minimum absolute atomic E-state index is 0.0840. The van der Waals surface area contributed by atoms with Crippen molar-refractivity contribution in [3.63, 3.8) is 0 Å². The lowest BCUT2D eigenvalue weighted by atomic mass is 9.70. The Morgan fingerprint density at radius 2 is 1.90 bits per heavy atom. The number of benzene rings is 2. The number of likely N-dealkylation sites (N-methyl/N-ethyl adjacent to an activating group) is 1. The number of fused-ring (bicyclic) bond motifs is 2. The largest absolute Gasteiger partial charge is 0.324 e. The summed E-state index contributed by atoms with van der Waals surface area (Å²) < 4.78 is 0. The highest BCUT2D eigenvalue weighted by Gasteiger charge is 2.64. The third-order valence-electron chi connectivity index (χ3n) is 6.38. The van der Waals surface area contributed by atoms with Crippen molar-refractivity contribution in [1.82, 2.24) is 9.88 Å². The molecule has 1 spiro atoms. The van der Waals surface area contributed by atoms with Crippen LogP contribution in [0.25, 0.3) is 0 Å². The molecule has 2 aromatic carbocycles. The second-order valence-electron chi connectivity index (χ2n) is 7.89. The maximum absolute atomic E-state index is 13.9. The number of nitrogens with one attached hydrogen (secondary N) is 1. The standard InChI is InChI=1S/C24H20ClN3O2/c1-28-14-18(15-8-10-17(25)11-9-15)21(22(29)16-5-4-12-26-13-16)24(28)19-6-2-3-7-20(19)27-23(24)30/h2-13,18,21H,14H2,1H3,(H,27,30)/t18-,21?,24-/m1/s1. The molecule has 1 fully saturated rings. The number of nitrogens with zero attached hydrogens (tertiary/aromatic N) is 2. The number of pyridine rings is 1. The Morgan fingerprint density at radius 1 is 1.13 bits per heavy atom. The molecule has 0 bridgehead atoms. The maximum Gasteiger partial charge on any atom is 0.250 e. The van der Waals surface area contributed by atoms with E-state index in [-0.39, 0.29) is 17.6 Å². The summed E-state index contributed by atoms with van der Waals surface area (Å²) in [4.78, 5) is 33.5. The number of Topliss-reactive ketones (excluding diaryl/α,β-unsaturated/α-hetero) is 1. The zero-order valence-electron chi connectivity index (χ0n) is 16.4. The minimum atomic E-state index is -1.08. The van der Waals surface area contributed by atoms with Gasteiger partial charge in [0.2, 0.25) is 5.91 Å². The summed E-state index contributed by atoms with van der Waals surface area (Å²) in [7, 11) is 1.92. The second kappa shape index (κ2) is 7.04. The number of carbonyl (C=O) groups is 2. The molecule has 1 unspecified atom stereocenters. The van der Waals surface area contributed by atoms with Crippen LogP contribution in [0.4, 0.5) is 5.69 Å². The smallest absolute Gasteiger partial charge is 0.250 e. The first-order valence-corrected chi connectivity index (χ1v) is 10.2. The molecule has 2 aliphatic rings. The van der Waals surface area contributed by atoms with Crippen molar-refractivity contribution in [1.29, 1.82) is 0 Å². The van der Waals surface area contributed by atoms with Crippen LogP contribution in [0.2, 0.25) is 5.02 Å². The summed E-state index contributed by atoms with van der Waals surface area (Å²) in [6.45, 7) is 0.569. The maximum atomic E-state index is 13.9. The van der Waals surface area contributed by atoms with Crippen molar-refractivity contribution < 1.29 is 9.59 Å². The third kappa shape index (κ3) is 2.62. The van der Waals surface area contributed by atoms with Crippen LogP contribution in [0.1, 0.15) is 27.4 Å². The number of para-hydroxylation sites is 1. The Kier molecular flexibility index (Phi) is 4.45. The lowest BCUT2D eigenvalue weighted by Crippen LogP contribution is -2.51. The van der Waals surface area contributed by atoms with Crippen LogP contribution in [-0.2, 0) is 10.3 Å². The molecular weight excluding hydrogens is 398 g/mol. The Hall–Kier alpha value is -3.02. The molecule has 3 heterocycles. The van der Waals surface area contributed by atoms with Gasteiger partial charge in [-0.3, -0.25) is 19.5 Å². The molecule has 150 valence electrons. The highest BCUT2D eigenvalue weighted by Crippen LogP contribution is 2.55. The Morgan fingerprint density at radius 3 is 2.63 bits per heavy atom. The van der Waals surface area contributed by atoms with Gasteiger partial charge in [0.1, 0.15) is 5.54 Å². The quantitative estimate of drug-likeness (QED) is 0.651. The van der Waals surface area contributed by atoms with Crippen LogP contribution in [0, 0.1) is 5.92 Å². The van der Waals surface area contributed by atoms with Crippen molar-refractivity contribution in [2.45, 2.75) is 11.5 Å². The zero-order valence-corrected chi connectivity index (χ0v) is 17.1. The predicted octanol–water partition coefficient (Wildman–Crippen LogP) is 4.11. The van der Waals surface area contributed by atoms with Gasteiger partial charge < -0.3 is 5.32 Å². The van der Waals surface area contributed by atoms with Crippen molar-refractivity contribution in [2.24, 2.45) is 5.92 Å². The van der Waals surface area contributed by atoms with Gasteiger partial charge in [0.05, 0.1) is 5.92 Å². The van der Waals surface area contributed by atoms with E-state index in [2.05, 4.69) is 10.3 Å². The fourth-order valence-electron chi connectivity index (χ4n) is 5.09. The molecule has 5 nitrogen and oxygen atoms in total. The third-order valence-corrected chi connectivity index (χ3v) is 6.64. The fourth-order valence-corrected chi connectivity index (χ4v) is 5.22. The molecule has 0 aliphatic carbocycles. The molecule has 0 radical (unpaired) electrons. The number of aromatic nitrogens is 1. The van der Waals surface area contributed by atoms with Gasteiger partial charge >= 0.3 is 0 Å².